The van der Waals surface area contributed by atoms with E-state index in [-0.39, 0.29) is 11.2 Å². The van der Waals surface area contributed by atoms with Gasteiger partial charge in [0.1, 0.15) is 28.8 Å². The molecule has 0 radical (unpaired) electrons. The zero-order chi connectivity index (χ0) is 88.1. The fourth-order valence-electron chi connectivity index (χ4n) is 19.9. The number of nitrogens with zero attached hydrogens (tertiary/aromatic N) is 4. The largest absolute Gasteiger partial charge is 0.456 e. The first-order valence-electron chi connectivity index (χ1n) is 44.9. The van der Waals surface area contributed by atoms with E-state index in [1.165, 1.54) is 65.5 Å². The predicted octanol–water partition coefficient (Wildman–Crippen LogP) is 33.9. The van der Waals surface area contributed by atoms with Crippen LogP contribution in [0.5, 0.6) is 23.0 Å². The Balaban J connectivity index is 0.000000153. The topological polar surface area (TPSA) is 31.4 Å². The summed E-state index contributed by atoms with van der Waals surface area (Å²) in [6.07, 6.45) is 0. The summed E-state index contributed by atoms with van der Waals surface area (Å²) in [7, 11) is -2.93. The van der Waals surface area contributed by atoms with Crippen LogP contribution in [0.25, 0.3) is 110 Å². The molecule has 0 saturated carbocycles. The van der Waals surface area contributed by atoms with Crippen molar-refractivity contribution in [1.82, 2.24) is 0 Å². The number of benzene rings is 20. The average molecular weight is 1710 g/mol. The summed E-state index contributed by atoms with van der Waals surface area (Å²) in [6, 6.07) is 153. The molecule has 0 bridgehead atoms. The van der Waals surface area contributed by atoms with Gasteiger partial charge in [0.25, 0.3) is 0 Å². The number of hydrogen-bond donors (Lipinski definition) is 0. The highest BCUT2D eigenvalue weighted by molar-refractivity contribution is 6.89. The van der Waals surface area contributed by atoms with Crippen molar-refractivity contribution >= 4 is 138 Å². The predicted molar refractivity (Wildman–Crippen MR) is 552 cm³/mol. The van der Waals surface area contributed by atoms with Gasteiger partial charge in [-0.3, -0.25) is 0 Å². The van der Waals surface area contributed by atoms with Crippen LogP contribution in [-0.2, 0) is 5.41 Å². The van der Waals surface area contributed by atoms with Crippen LogP contribution in [0, 0.1) is 5.82 Å². The second-order valence-corrected chi connectivity index (χ2v) is 47.0. The molecule has 20 aromatic carbocycles. The number of para-hydroxylation sites is 4. The van der Waals surface area contributed by atoms with Crippen LogP contribution >= 0.6 is 0 Å². The first-order valence-corrected chi connectivity index (χ1v) is 51.9. The summed E-state index contributed by atoms with van der Waals surface area (Å²) in [5.41, 5.74) is 27.6. The minimum atomic E-state index is -1.47. The van der Waals surface area contributed by atoms with Gasteiger partial charge >= 0.3 is 0 Å². The fourth-order valence-corrected chi connectivity index (χ4v) is 22.2. The van der Waals surface area contributed by atoms with E-state index in [0.717, 1.165) is 151 Å². The van der Waals surface area contributed by atoms with Crippen LogP contribution < -0.4 is 39.4 Å². The second-order valence-electron chi connectivity index (χ2n) is 36.9. The van der Waals surface area contributed by atoms with Gasteiger partial charge in [0.2, 0.25) is 0 Å². The van der Waals surface area contributed by atoms with Crippen molar-refractivity contribution in [3.05, 3.63) is 448 Å². The van der Waals surface area contributed by atoms with Gasteiger partial charge < -0.3 is 29.1 Å². The Bertz CT molecular complexity index is 7780. The second kappa shape index (κ2) is 32.5. The summed E-state index contributed by atoms with van der Waals surface area (Å²) in [6.45, 7) is 19.1. The number of halogens is 1. The maximum atomic E-state index is 17.2. The molecule has 20 aromatic rings. The summed E-state index contributed by atoms with van der Waals surface area (Å²) in [4.78, 5) is 9.15. The monoisotopic (exact) mass is 1710 g/mol. The van der Waals surface area contributed by atoms with E-state index in [1.54, 1.807) is 6.07 Å². The molecule has 0 unspecified atom stereocenters. The molecule has 1 aliphatic carbocycles. The SMILES string of the molecule is CC1(C)c2ccccc2-c2ccc(N(c3ccc4cc5c6c(cccc6c4c3)Oc3cc(N(c4ccccc4)c4ccc([Si](C)(C)C)cc4)ccc3-5)c3ccccc3-c3ccccc3)cc21.C[Si](C)(C)c1ccc(N(c2ccccc2)c2ccc3c(c2)Oc2cccc4c2c-3cc2ccc(N(c3ccccc3)c3c(F)cc(-c5ccccc5)cc3-c3ccccc3)cc24)cc1. The van der Waals surface area contributed by atoms with Crippen LogP contribution in [0.15, 0.2) is 431 Å². The van der Waals surface area contributed by atoms with Crippen molar-refractivity contribution in [3.63, 3.8) is 0 Å². The quantitative estimate of drug-likeness (QED) is 0.0667. The maximum absolute atomic E-state index is 17.2. The number of fused-ring (bicyclic) bond motifs is 11. The minimum Gasteiger partial charge on any atom is -0.456 e. The molecule has 0 N–H and O–H groups in total. The lowest BCUT2D eigenvalue weighted by Crippen LogP contribution is -2.37. The van der Waals surface area contributed by atoms with Crippen LogP contribution in [0.2, 0.25) is 39.3 Å². The molecule has 2 aliphatic heterocycles. The average Bonchev–Trinajstić information content (AvgIpc) is 1.64. The van der Waals surface area contributed by atoms with Gasteiger partial charge in [0, 0.05) is 107 Å². The lowest BCUT2D eigenvalue weighted by molar-refractivity contribution is 0.487. The molecule has 130 heavy (non-hydrogen) atoms. The summed E-state index contributed by atoms with van der Waals surface area (Å²) < 4.78 is 31.1. The summed E-state index contributed by atoms with van der Waals surface area (Å²) in [5.74, 6) is 3.04. The number of hydrogen-bond acceptors (Lipinski definition) is 6. The van der Waals surface area contributed by atoms with E-state index in [2.05, 4.69) is 419 Å². The Labute approximate surface area is 761 Å². The standard InChI is InChI=1S/C62H50N2OSi.C59H45FN2OSi/c1-62(2)56-24-14-12-22-50(56)51-35-31-46(39-57(51)62)64(58-25-15-13-21-49(58)41-17-8-6-9-18-41)45-28-27-42-37-55-52-36-32-47(40-60(52)65-59-26-16-23-53(61(55)59)54(42)38-45)63(43-19-10-7-11-20-43)44-29-33-48(34-30-44)66(3,4)5;1-64(2,3)49-32-29-46(30-33-49)61(44-21-12-6-13-22-44)48-31-34-50-54-35-42-27-28-47(38-52(42)51-25-16-26-56(58(51)54)63-57(50)39-48)62(45-23-14-7-15-24-45)59-53(41-19-10-5-11-20-41)36-43(37-55(59)60)40-17-8-4-9-18-40/h6-40H,1-5H3;4-39H,1-3H3. The van der Waals surface area contributed by atoms with Gasteiger partial charge in [-0.05, 0) is 252 Å². The number of ether oxygens (including phenoxy) is 2. The molecule has 2 heterocycles. The highest BCUT2D eigenvalue weighted by Gasteiger charge is 2.37. The first kappa shape index (κ1) is 80.4. The fraction of sp³-hybridized carbons (Fsp3) is 0.0744. The molecular weight excluding hydrogens is 1620 g/mol. The normalized spacial score (nSPS) is 12.5. The van der Waals surface area contributed by atoms with Crippen molar-refractivity contribution < 1.29 is 13.9 Å². The Kier molecular flexibility index (Phi) is 20.1. The molecule has 0 fully saturated rings. The zero-order valence-electron chi connectivity index (χ0n) is 74.0. The third-order valence-corrected chi connectivity index (χ3v) is 30.5. The summed E-state index contributed by atoms with van der Waals surface area (Å²) in [5, 5.41) is 11.8. The molecule has 0 amide bonds. The highest BCUT2D eigenvalue weighted by Crippen LogP contribution is 2.57. The van der Waals surface area contributed by atoms with Crippen molar-refractivity contribution in [2.24, 2.45) is 0 Å². The Morgan fingerprint density at radius 1 is 0.231 bits per heavy atom. The highest BCUT2D eigenvalue weighted by atomic mass is 28.3. The summed E-state index contributed by atoms with van der Waals surface area (Å²) >= 11 is 0. The van der Waals surface area contributed by atoms with Gasteiger partial charge in [0.05, 0.1) is 27.5 Å². The van der Waals surface area contributed by atoms with E-state index in [1.807, 2.05) is 78.9 Å². The van der Waals surface area contributed by atoms with Gasteiger partial charge in [-0.25, -0.2) is 4.39 Å². The molecule has 3 aliphatic rings. The van der Waals surface area contributed by atoms with Gasteiger partial charge in [-0.1, -0.05) is 318 Å². The van der Waals surface area contributed by atoms with E-state index in [0.29, 0.717) is 5.69 Å². The Hall–Kier alpha value is -15.4. The van der Waals surface area contributed by atoms with Crippen molar-refractivity contribution in [2.75, 3.05) is 19.6 Å². The van der Waals surface area contributed by atoms with Crippen molar-refractivity contribution in [3.8, 4) is 89.8 Å². The molecule has 23 rings (SSSR count). The lowest BCUT2D eigenvalue weighted by atomic mass is 9.82. The van der Waals surface area contributed by atoms with Gasteiger partial charge in [-0.2, -0.15) is 0 Å². The first-order chi connectivity index (χ1) is 63.4. The lowest BCUT2D eigenvalue weighted by Gasteiger charge is -2.30. The molecule has 0 atom stereocenters. The van der Waals surface area contributed by atoms with E-state index in [4.69, 9.17) is 9.47 Å². The van der Waals surface area contributed by atoms with Crippen molar-refractivity contribution in [2.45, 2.75) is 58.5 Å². The van der Waals surface area contributed by atoms with Crippen LogP contribution in [-0.4, -0.2) is 16.1 Å². The number of anilines is 12. The van der Waals surface area contributed by atoms with Crippen molar-refractivity contribution in [1.29, 1.82) is 0 Å². The molecule has 0 aromatic heterocycles. The Morgan fingerprint density at radius 3 is 1.08 bits per heavy atom. The molecule has 0 saturated heterocycles. The third-order valence-electron chi connectivity index (χ3n) is 26.4. The molecular formula is C121H95FN4O2Si2. The van der Waals surface area contributed by atoms with Crippen LogP contribution in [0.1, 0.15) is 25.0 Å². The maximum Gasteiger partial charge on any atom is 0.148 e. The third kappa shape index (κ3) is 14.4. The molecule has 0 spiro atoms. The smallest absolute Gasteiger partial charge is 0.148 e. The molecule has 6 nitrogen and oxygen atoms in total. The van der Waals surface area contributed by atoms with E-state index in [9.17, 15) is 0 Å². The minimum absolute atomic E-state index is 0.136. The number of rotatable bonds is 17. The van der Waals surface area contributed by atoms with Crippen LogP contribution in [0.4, 0.5) is 72.6 Å². The zero-order valence-corrected chi connectivity index (χ0v) is 76.0. The van der Waals surface area contributed by atoms with E-state index >= 15 is 4.39 Å². The Morgan fingerprint density at radius 2 is 0.600 bits per heavy atom. The van der Waals surface area contributed by atoms with Gasteiger partial charge in [-0.15, -0.1) is 0 Å². The van der Waals surface area contributed by atoms with E-state index < -0.39 is 16.1 Å². The molecule has 9 heteroatoms. The van der Waals surface area contributed by atoms with Crippen LogP contribution in [0.3, 0.4) is 0 Å². The molecule has 626 valence electrons. The van der Waals surface area contributed by atoms with Gasteiger partial charge in [0.15, 0.2) is 0 Å².